The highest BCUT2D eigenvalue weighted by Crippen LogP contribution is 2.36. The molecular weight excluding hydrogens is 454 g/mol. The van der Waals surface area contributed by atoms with Crippen molar-refractivity contribution in [2.24, 2.45) is 5.92 Å². The van der Waals surface area contributed by atoms with Crippen LogP contribution in [0.2, 0.25) is 0 Å². The Balaban J connectivity index is 1.77. The Morgan fingerprint density at radius 3 is 2.03 bits per heavy atom. The standard InChI is InChI=1S/C32H35N5/c1-5-20-35(4)32-34-29-30(37(32)21-24(2)3)27-18-12-13-19-28(27)33-31(29)36(22-25-14-8-6-9-15-25)23-26-16-10-7-11-17-26/h5-19,24H,1,20-23H2,2-4H3. The lowest BCUT2D eigenvalue weighted by molar-refractivity contribution is 0.532. The predicted octanol–water partition coefficient (Wildman–Crippen LogP) is 7.07. The minimum atomic E-state index is 0.466. The number of aromatic nitrogens is 3. The summed E-state index contributed by atoms with van der Waals surface area (Å²) < 4.78 is 2.38. The van der Waals surface area contributed by atoms with Gasteiger partial charge in [0.2, 0.25) is 5.95 Å². The summed E-state index contributed by atoms with van der Waals surface area (Å²) in [6, 6.07) is 29.7. The Kier molecular flexibility index (Phi) is 7.22. The number of nitrogens with zero attached hydrogens (tertiary/aromatic N) is 5. The molecule has 0 aliphatic rings. The Bertz CT molecular complexity index is 1450. The van der Waals surface area contributed by atoms with Crippen LogP contribution in [0.3, 0.4) is 0 Å². The van der Waals surface area contributed by atoms with E-state index in [4.69, 9.17) is 9.97 Å². The average Bonchev–Trinajstić information content (AvgIpc) is 3.28. The summed E-state index contributed by atoms with van der Waals surface area (Å²) in [5, 5.41) is 1.13. The van der Waals surface area contributed by atoms with Gasteiger partial charge in [-0.2, -0.15) is 0 Å². The van der Waals surface area contributed by atoms with E-state index in [1.807, 2.05) is 6.08 Å². The van der Waals surface area contributed by atoms with E-state index < -0.39 is 0 Å². The Hall–Kier alpha value is -4.12. The molecule has 2 aromatic heterocycles. The predicted molar refractivity (Wildman–Crippen MR) is 156 cm³/mol. The summed E-state index contributed by atoms with van der Waals surface area (Å²) in [5.41, 5.74) is 5.56. The van der Waals surface area contributed by atoms with Crippen molar-refractivity contribution in [1.82, 2.24) is 14.5 Å². The molecule has 0 spiro atoms. The van der Waals surface area contributed by atoms with Crippen LogP contribution in [0.5, 0.6) is 0 Å². The Labute approximate surface area is 219 Å². The number of anilines is 2. The van der Waals surface area contributed by atoms with Gasteiger partial charge in [0.1, 0.15) is 5.52 Å². The van der Waals surface area contributed by atoms with Crippen molar-refractivity contribution in [3.8, 4) is 0 Å². The zero-order chi connectivity index (χ0) is 25.8. The molecule has 3 aromatic carbocycles. The molecule has 0 N–H and O–H groups in total. The van der Waals surface area contributed by atoms with Crippen molar-refractivity contribution >= 4 is 33.7 Å². The van der Waals surface area contributed by atoms with Crippen molar-refractivity contribution in [2.75, 3.05) is 23.4 Å². The van der Waals surface area contributed by atoms with E-state index in [9.17, 15) is 0 Å². The highest BCUT2D eigenvalue weighted by Gasteiger charge is 2.24. The summed E-state index contributed by atoms with van der Waals surface area (Å²) in [4.78, 5) is 15.1. The molecule has 0 unspecified atom stereocenters. The van der Waals surface area contributed by atoms with Crippen LogP contribution in [0.15, 0.2) is 97.6 Å². The van der Waals surface area contributed by atoms with Crippen molar-refractivity contribution in [1.29, 1.82) is 0 Å². The maximum absolute atomic E-state index is 5.28. The lowest BCUT2D eigenvalue weighted by Gasteiger charge is -2.25. The highest BCUT2D eigenvalue weighted by atomic mass is 15.3. The topological polar surface area (TPSA) is 37.2 Å². The van der Waals surface area contributed by atoms with Gasteiger partial charge in [0, 0.05) is 38.6 Å². The van der Waals surface area contributed by atoms with Crippen LogP contribution >= 0.6 is 0 Å². The molecule has 5 rings (SSSR count). The van der Waals surface area contributed by atoms with Gasteiger partial charge < -0.3 is 14.4 Å². The molecule has 2 heterocycles. The highest BCUT2D eigenvalue weighted by molar-refractivity contribution is 6.08. The van der Waals surface area contributed by atoms with Gasteiger partial charge in [0.05, 0.1) is 11.0 Å². The number of hydrogen-bond acceptors (Lipinski definition) is 4. The first kappa shape index (κ1) is 24.6. The van der Waals surface area contributed by atoms with Gasteiger partial charge in [-0.05, 0) is 23.1 Å². The molecule has 5 heteroatoms. The van der Waals surface area contributed by atoms with E-state index in [-0.39, 0.29) is 0 Å². The lowest BCUT2D eigenvalue weighted by Crippen LogP contribution is -2.23. The van der Waals surface area contributed by atoms with Crippen LogP contribution < -0.4 is 9.80 Å². The molecule has 0 saturated heterocycles. The second-order valence-electron chi connectivity index (χ2n) is 10.1. The summed E-state index contributed by atoms with van der Waals surface area (Å²) in [6.45, 7) is 11.5. The van der Waals surface area contributed by atoms with E-state index in [0.717, 1.165) is 59.9 Å². The van der Waals surface area contributed by atoms with Crippen LogP contribution in [0.4, 0.5) is 11.8 Å². The molecule has 0 fully saturated rings. The smallest absolute Gasteiger partial charge is 0.206 e. The summed E-state index contributed by atoms with van der Waals surface area (Å²) in [7, 11) is 2.08. The number of benzene rings is 3. The first-order valence-electron chi connectivity index (χ1n) is 13.0. The SMILES string of the molecule is C=CCN(C)c1nc2c(N(Cc3ccccc3)Cc3ccccc3)nc3ccccc3c2n1CC(C)C. The molecule has 0 atom stereocenters. The molecule has 0 bridgehead atoms. The first-order valence-corrected chi connectivity index (χ1v) is 13.0. The van der Waals surface area contributed by atoms with Crippen LogP contribution in [-0.4, -0.2) is 28.1 Å². The molecule has 0 radical (unpaired) electrons. The molecule has 0 amide bonds. The minimum absolute atomic E-state index is 0.466. The molecule has 5 aromatic rings. The van der Waals surface area contributed by atoms with Crippen molar-refractivity contribution in [3.63, 3.8) is 0 Å². The van der Waals surface area contributed by atoms with Gasteiger partial charge >= 0.3 is 0 Å². The lowest BCUT2D eigenvalue weighted by atomic mass is 10.1. The second kappa shape index (κ2) is 10.9. The minimum Gasteiger partial charge on any atom is -0.346 e. The van der Waals surface area contributed by atoms with Gasteiger partial charge in [0.15, 0.2) is 5.82 Å². The zero-order valence-electron chi connectivity index (χ0n) is 22.0. The average molecular weight is 490 g/mol. The van der Waals surface area contributed by atoms with Crippen molar-refractivity contribution < 1.29 is 0 Å². The number of likely N-dealkylation sites (N-methyl/N-ethyl adjacent to an activating group) is 1. The summed E-state index contributed by atoms with van der Waals surface area (Å²) in [6.07, 6.45) is 1.92. The Morgan fingerprint density at radius 1 is 0.838 bits per heavy atom. The number of pyridine rings is 1. The van der Waals surface area contributed by atoms with Crippen LogP contribution in [0, 0.1) is 5.92 Å². The van der Waals surface area contributed by atoms with Gasteiger partial charge in [0.25, 0.3) is 0 Å². The fourth-order valence-corrected chi connectivity index (χ4v) is 4.95. The normalized spacial score (nSPS) is 11.4. The maximum atomic E-state index is 5.28. The molecule has 5 nitrogen and oxygen atoms in total. The fourth-order valence-electron chi connectivity index (χ4n) is 4.95. The third kappa shape index (κ3) is 5.21. The monoisotopic (exact) mass is 489 g/mol. The van der Waals surface area contributed by atoms with E-state index in [1.165, 1.54) is 11.1 Å². The summed E-state index contributed by atoms with van der Waals surface area (Å²) >= 11 is 0. The zero-order valence-corrected chi connectivity index (χ0v) is 22.0. The number of rotatable bonds is 10. The van der Waals surface area contributed by atoms with Crippen LogP contribution in [0.25, 0.3) is 21.9 Å². The number of para-hydroxylation sites is 1. The van der Waals surface area contributed by atoms with E-state index in [2.05, 4.69) is 127 Å². The molecule has 0 aliphatic carbocycles. The molecule has 37 heavy (non-hydrogen) atoms. The van der Waals surface area contributed by atoms with Gasteiger partial charge in [-0.3, -0.25) is 0 Å². The molecular formula is C32H35N5. The molecule has 188 valence electrons. The molecule has 0 saturated carbocycles. The quantitative estimate of drug-likeness (QED) is 0.197. The molecule has 0 aliphatic heterocycles. The Morgan fingerprint density at radius 2 is 1.43 bits per heavy atom. The fraction of sp³-hybridized carbons (Fsp3) is 0.250. The number of fused-ring (bicyclic) bond motifs is 3. The number of imidazole rings is 1. The van der Waals surface area contributed by atoms with E-state index in [1.54, 1.807) is 0 Å². The second-order valence-corrected chi connectivity index (χ2v) is 10.1. The third-order valence-corrected chi connectivity index (χ3v) is 6.57. The number of hydrogen-bond donors (Lipinski definition) is 0. The van der Waals surface area contributed by atoms with Crippen molar-refractivity contribution in [3.05, 3.63) is 109 Å². The van der Waals surface area contributed by atoms with Gasteiger partial charge in [-0.25, -0.2) is 9.97 Å². The van der Waals surface area contributed by atoms with Gasteiger partial charge in [-0.15, -0.1) is 6.58 Å². The van der Waals surface area contributed by atoms with Gasteiger partial charge in [-0.1, -0.05) is 98.8 Å². The first-order chi connectivity index (χ1) is 18.0. The third-order valence-electron chi connectivity index (χ3n) is 6.57. The van der Waals surface area contributed by atoms with E-state index >= 15 is 0 Å². The maximum Gasteiger partial charge on any atom is 0.206 e. The van der Waals surface area contributed by atoms with Crippen LogP contribution in [0.1, 0.15) is 25.0 Å². The largest absolute Gasteiger partial charge is 0.346 e. The van der Waals surface area contributed by atoms with E-state index in [0.29, 0.717) is 5.92 Å². The van der Waals surface area contributed by atoms with Crippen LogP contribution in [-0.2, 0) is 19.6 Å². The summed E-state index contributed by atoms with van der Waals surface area (Å²) in [5.74, 6) is 2.33. The van der Waals surface area contributed by atoms with Crippen molar-refractivity contribution in [2.45, 2.75) is 33.5 Å².